The molecule has 0 spiro atoms. The standard InChI is InChI=1S/C14H26O3/c1-2-3-4-5-6-7-8-9-10-13(11-12-15)14(16)17/h12-13H,2-11H2,1H3,(H,16,17). The zero-order chi connectivity index (χ0) is 12.9. The minimum atomic E-state index is -0.833. The van der Waals surface area contributed by atoms with E-state index in [1.165, 1.54) is 38.5 Å². The lowest BCUT2D eigenvalue weighted by molar-refractivity contribution is -0.143. The third-order valence-corrected chi connectivity index (χ3v) is 3.14. The van der Waals surface area contributed by atoms with Crippen molar-refractivity contribution < 1.29 is 14.7 Å². The Hall–Kier alpha value is -0.860. The summed E-state index contributed by atoms with van der Waals surface area (Å²) in [6.45, 7) is 2.21. The van der Waals surface area contributed by atoms with Crippen molar-refractivity contribution in [3.8, 4) is 0 Å². The number of hydrogen-bond acceptors (Lipinski definition) is 2. The van der Waals surface area contributed by atoms with Gasteiger partial charge in [-0.15, -0.1) is 0 Å². The van der Waals surface area contributed by atoms with Crippen molar-refractivity contribution in [2.75, 3.05) is 0 Å². The largest absolute Gasteiger partial charge is 0.481 e. The number of aliphatic carboxylic acids is 1. The van der Waals surface area contributed by atoms with Crippen LogP contribution in [0.4, 0.5) is 0 Å². The molecular formula is C14H26O3. The summed E-state index contributed by atoms with van der Waals surface area (Å²) in [6, 6.07) is 0. The third-order valence-electron chi connectivity index (χ3n) is 3.14. The van der Waals surface area contributed by atoms with Gasteiger partial charge in [0.15, 0.2) is 0 Å². The van der Waals surface area contributed by atoms with Crippen LogP contribution in [0.5, 0.6) is 0 Å². The van der Waals surface area contributed by atoms with Crippen LogP contribution < -0.4 is 0 Å². The van der Waals surface area contributed by atoms with Crippen molar-refractivity contribution in [3.63, 3.8) is 0 Å². The molecule has 3 heteroatoms. The number of carboxylic acid groups (broad SMARTS) is 1. The number of carbonyl (C=O) groups is 2. The normalized spacial score (nSPS) is 12.3. The Morgan fingerprint density at radius 3 is 2.06 bits per heavy atom. The van der Waals surface area contributed by atoms with Crippen molar-refractivity contribution in [3.05, 3.63) is 0 Å². The summed E-state index contributed by atoms with van der Waals surface area (Å²) in [5, 5.41) is 8.85. The van der Waals surface area contributed by atoms with E-state index in [-0.39, 0.29) is 6.42 Å². The van der Waals surface area contributed by atoms with E-state index < -0.39 is 11.9 Å². The van der Waals surface area contributed by atoms with Gasteiger partial charge in [0.25, 0.3) is 0 Å². The Balaban J connectivity index is 3.36. The minimum Gasteiger partial charge on any atom is -0.481 e. The summed E-state index contributed by atoms with van der Waals surface area (Å²) < 4.78 is 0. The first-order valence-electron chi connectivity index (χ1n) is 6.88. The first-order chi connectivity index (χ1) is 8.22. The van der Waals surface area contributed by atoms with Gasteiger partial charge in [-0.2, -0.15) is 0 Å². The molecule has 1 N–H and O–H groups in total. The van der Waals surface area contributed by atoms with Crippen molar-refractivity contribution in [1.29, 1.82) is 0 Å². The molecule has 100 valence electrons. The molecule has 0 radical (unpaired) electrons. The lowest BCUT2D eigenvalue weighted by Gasteiger charge is -2.08. The van der Waals surface area contributed by atoms with Crippen LogP contribution in [0, 0.1) is 5.92 Å². The fraction of sp³-hybridized carbons (Fsp3) is 0.857. The van der Waals surface area contributed by atoms with Gasteiger partial charge in [0, 0.05) is 6.42 Å². The van der Waals surface area contributed by atoms with Gasteiger partial charge in [0.05, 0.1) is 5.92 Å². The third kappa shape index (κ3) is 10.0. The molecule has 0 bridgehead atoms. The average molecular weight is 242 g/mol. The van der Waals surface area contributed by atoms with E-state index in [0.717, 1.165) is 12.8 Å². The van der Waals surface area contributed by atoms with Crippen LogP contribution in [0.1, 0.15) is 71.1 Å². The van der Waals surface area contributed by atoms with Crippen LogP contribution in [0.3, 0.4) is 0 Å². The monoisotopic (exact) mass is 242 g/mol. The van der Waals surface area contributed by atoms with E-state index >= 15 is 0 Å². The Morgan fingerprint density at radius 1 is 1.06 bits per heavy atom. The van der Waals surface area contributed by atoms with Gasteiger partial charge in [-0.05, 0) is 6.42 Å². The highest BCUT2D eigenvalue weighted by molar-refractivity contribution is 5.73. The second-order valence-corrected chi connectivity index (χ2v) is 4.70. The highest BCUT2D eigenvalue weighted by Gasteiger charge is 2.15. The predicted octanol–water partition coefficient (Wildman–Crippen LogP) is 3.81. The maximum absolute atomic E-state index is 10.8. The summed E-state index contributed by atoms with van der Waals surface area (Å²) in [5.41, 5.74) is 0. The fourth-order valence-corrected chi connectivity index (χ4v) is 1.98. The summed E-state index contributed by atoms with van der Waals surface area (Å²) in [4.78, 5) is 21.1. The van der Waals surface area contributed by atoms with Gasteiger partial charge in [-0.1, -0.05) is 58.3 Å². The van der Waals surface area contributed by atoms with Crippen LogP contribution >= 0.6 is 0 Å². The Morgan fingerprint density at radius 2 is 1.59 bits per heavy atom. The molecule has 17 heavy (non-hydrogen) atoms. The number of carboxylic acids is 1. The molecule has 3 nitrogen and oxygen atoms in total. The molecule has 0 aliphatic heterocycles. The number of unbranched alkanes of at least 4 members (excludes halogenated alkanes) is 7. The molecule has 1 atom stereocenters. The molecule has 0 aliphatic rings. The van der Waals surface area contributed by atoms with Gasteiger partial charge >= 0.3 is 5.97 Å². The molecule has 0 saturated heterocycles. The first-order valence-corrected chi connectivity index (χ1v) is 6.88. The molecule has 0 aromatic carbocycles. The van der Waals surface area contributed by atoms with Crippen molar-refractivity contribution >= 4 is 12.3 Å². The average Bonchev–Trinajstić information content (AvgIpc) is 2.31. The first kappa shape index (κ1) is 16.1. The maximum atomic E-state index is 10.8. The number of rotatable bonds is 12. The lowest BCUT2D eigenvalue weighted by Crippen LogP contribution is -2.13. The topological polar surface area (TPSA) is 54.4 Å². The van der Waals surface area contributed by atoms with Crippen molar-refractivity contribution in [1.82, 2.24) is 0 Å². The highest BCUT2D eigenvalue weighted by atomic mass is 16.4. The van der Waals surface area contributed by atoms with Crippen molar-refractivity contribution in [2.45, 2.75) is 71.1 Å². The smallest absolute Gasteiger partial charge is 0.306 e. The quantitative estimate of drug-likeness (QED) is 0.418. The van der Waals surface area contributed by atoms with E-state index in [9.17, 15) is 9.59 Å². The van der Waals surface area contributed by atoms with Gasteiger partial charge in [-0.25, -0.2) is 0 Å². The number of hydrogen-bond donors (Lipinski definition) is 1. The summed E-state index contributed by atoms with van der Waals surface area (Å²) >= 11 is 0. The van der Waals surface area contributed by atoms with Gasteiger partial charge in [0.2, 0.25) is 0 Å². The van der Waals surface area contributed by atoms with Gasteiger partial charge in [-0.3, -0.25) is 4.79 Å². The Kier molecular flexibility index (Phi) is 11.0. The molecule has 0 heterocycles. The minimum absolute atomic E-state index is 0.159. The molecule has 0 rings (SSSR count). The zero-order valence-corrected chi connectivity index (χ0v) is 11.0. The van der Waals surface area contributed by atoms with E-state index in [1.54, 1.807) is 0 Å². The van der Waals surface area contributed by atoms with Crippen molar-refractivity contribution in [2.24, 2.45) is 5.92 Å². The Bertz CT molecular complexity index is 202. The number of aldehydes is 1. The van der Waals surface area contributed by atoms with E-state index in [4.69, 9.17) is 5.11 Å². The predicted molar refractivity (Wildman–Crippen MR) is 69.0 cm³/mol. The summed E-state index contributed by atoms with van der Waals surface area (Å²) in [6.07, 6.45) is 11.2. The van der Waals surface area contributed by atoms with Crippen LogP contribution in [0.2, 0.25) is 0 Å². The van der Waals surface area contributed by atoms with E-state index in [0.29, 0.717) is 12.7 Å². The molecule has 0 saturated carbocycles. The van der Waals surface area contributed by atoms with E-state index in [1.807, 2.05) is 0 Å². The fourth-order valence-electron chi connectivity index (χ4n) is 1.98. The second-order valence-electron chi connectivity index (χ2n) is 4.70. The second kappa shape index (κ2) is 11.6. The van der Waals surface area contributed by atoms with Crippen LogP contribution in [0.25, 0.3) is 0 Å². The van der Waals surface area contributed by atoms with Crippen LogP contribution in [-0.2, 0) is 9.59 Å². The molecule has 0 aromatic rings. The van der Waals surface area contributed by atoms with Gasteiger partial charge in [0.1, 0.15) is 6.29 Å². The number of carbonyl (C=O) groups excluding carboxylic acids is 1. The van der Waals surface area contributed by atoms with E-state index in [2.05, 4.69) is 6.92 Å². The molecule has 0 aromatic heterocycles. The van der Waals surface area contributed by atoms with Crippen LogP contribution in [0.15, 0.2) is 0 Å². The maximum Gasteiger partial charge on any atom is 0.306 e. The highest BCUT2D eigenvalue weighted by Crippen LogP contribution is 2.15. The molecular weight excluding hydrogens is 216 g/mol. The zero-order valence-electron chi connectivity index (χ0n) is 11.0. The lowest BCUT2D eigenvalue weighted by atomic mass is 9.98. The molecule has 0 fully saturated rings. The molecule has 0 amide bonds. The SMILES string of the molecule is CCCCCCCCCCC(CC=O)C(=O)O. The van der Waals surface area contributed by atoms with Gasteiger partial charge < -0.3 is 9.90 Å². The summed E-state index contributed by atoms with van der Waals surface area (Å²) in [7, 11) is 0. The Labute approximate surface area is 105 Å². The molecule has 1 unspecified atom stereocenters. The molecule has 0 aliphatic carbocycles. The summed E-state index contributed by atoms with van der Waals surface area (Å²) in [5.74, 6) is -1.30. The van der Waals surface area contributed by atoms with Crippen LogP contribution in [-0.4, -0.2) is 17.4 Å².